The molecule has 0 saturated heterocycles. The van der Waals surface area contributed by atoms with E-state index in [1.54, 1.807) is 14.2 Å². The van der Waals surface area contributed by atoms with Crippen LogP contribution in [0.25, 0.3) is 20.2 Å². The molecule has 2 aliphatic carbocycles. The Morgan fingerprint density at radius 1 is 0.727 bits per heavy atom. The molecule has 2 aliphatic rings. The van der Waals surface area contributed by atoms with Gasteiger partial charge in [0.25, 0.3) is 0 Å². The van der Waals surface area contributed by atoms with Crippen molar-refractivity contribution in [3.05, 3.63) is 55.1 Å². The molecule has 44 heavy (non-hydrogen) atoms. The van der Waals surface area contributed by atoms with Gasteiger partial charge in [0, 0.05) is 21.2 Å². The van der Waals surface area contributed by atoms with Crippen LogP contribution in [-0.4, -0.2) is 48.4 Å². The lowest BCUT2D eigenvalue weighted by molar-refractivity contribution is -0.156. The summed E-state index contributed by atoms with van der Waals surface area (Å²) in [6, 6.07) is 11.4. The third-order valence-corrected chi connectivity index (χ3v) is 10.8. The summed E-state index contributed by atoms with van der Waals surface area (Å²) in [5.41, 5.74) is -0.520. The molecule has 2 aromatic heterocycles. The van der Waals surface area contributed by atoms with Crippen LogP contribution >= 0.6 is 54.5 Å². The molecule has 8 nitrogen and oxygen atoms in total. The van der Waals surface area contributed by atoms with Gasteiger partial charge in [0.15, 0.2) is 11.6 Å². The number of carbonyl (C=O) groups is 4. The van der Waals surface area contributed by atoms with Crippen LogP contribution in [0.1, 0.15) is 53.0 Å². The Kier molecular flexibility index (Phi) is 9.28. The summed E-state index contributed by atoms with van der Waals surface area (Å²) in [6.07, 6.45) is 1.03. The van der Waals surface area contributed by atoms with Crippen LogP contribution in [0.3, 0.4) is 0 Å². The van der Waals surface area contributed by atoms with Gasteiger partial charge in [-0.15, -0.1) is 22.7 Å². The molecule has 0 spiro atoms. The lowest BCUT2D eigenvalue weighted by atomic mass is 10.1. The van der Waals surface area contributed by atoms with Crippen molar-refractivity contribution in [1.29, 1.82) is 0 Å². The number of Topliss-reactive ketones (excluding diaryl/α,β-unsaturated/α-hetero) is 2. The van der Waals surface area contributed by atoms with Gasteiger partial charge in [-0.3, -0.25) is 19.2 Å². The maximum atomic E-state index is 12.7. The van der Waals surface area contributed by atoms with Gasteiger partial charge in [0.05, 0.1) is 44.8 Å². The SMILES string of the molecule is COc1cc2sc(C(=O)[C@@H]3C[C@@H]3C(=O)O)cc2cc1Br.COc1cc2sc(C(=O)[C@@H]3C[C@@H]3C(=O)OC(C)(C)C)cc2cc1Br. The summed E-state index contributed by atoms with van der Waals surface area (Å²) in [5, 5.41) is 10.8. The van der Waals surface area contributed by atoms with E-state index in [2.05, 4.69) is 31.9 Å². The van der Waals surface area contributed by atoms with Crippen LogP contribution in [-0.2, 0) is 14.3 Å². The van der Waals surface area contributed by atoms with E-state index in [9.17, 15) is 19.2 Å². The number of hydrogen-bond acceptors (Lipinski definition) is 9. The predicted octanol–water partition coefficient (Wildman–Crippen LogP) is 8.41. The molecule has 0 unspecified atom stereocenters. The van der Waals surface area contributed by atoms with Gasteiger partial charge in [-0.25, -0.2) is 0 Å². The molecule has 0 radical (unpaired) electrons. The average Bonchev–Trinajstić information content (AvgIpc) is 3.85. The van der Waals surface area contributed by atoms with E-state index < -0.39 is 17.5 Å². The standard InChI is InChI=1S/C18H19BrO4S.C14H11BrO4S/c1-18(2,3)23-17(21)11-7-10(11)16(20)15-6-9-5-12(19)13(22-4)8-14(9)24-15;1-19-10-5-11-6(2-9(10)15)3-12(20-11)13(16)7-4-8(7)14(17)18/h5-6,8,10-11H,7H2,1-4H3;2-3,5,7-8H,4H2,1H3,(H,17,18)/t10-,11+;7-,8+/m11/s1. The maximum Gasteiger partial charge on any atom is 0.310 e. The number of carboxylic acid groups (broad SMARTS) is 1. The topological polar surface area (TPSA) is 116 Å². The molecule has 2 fully saturated rings. The summed E-state index contributed by atoms with van der Waals surface area (Å²) in [6.45, 7) is 5.50. The molecule has 2 aromatic carbocycles. The van der Waals surface area contributed by atoms with Crippen LogP contribution in [0.15, 0.2) is 45.3 Å². The summed E-state index contributed by atoms with van der Waals surface area (Å²) in [4.78, 5) is 49.1. The number of ether oxygens (including phenoxy) is 3. The van der Waals surface area contributed by atoms with Crippen molar-refractivity contribution in [3.8, 4) is 11.5 Å². The number of esters is 1. The van der Waals surface area contributed by atoms with Gasteiger partial charge in [-0.05, 0) is 113 Å². The molecular weight excluding hydrogens is 736 g/mol. The first kappa shape index (κ1) is 32.6. The Morgan fingerprint density at radius 2 is 1.16 bits per heavy atom. The van der Waals surface area contributed by atoms with E-state index >= 15 is 0 Å². The quantitative estimate of drug-likeness (QED) is 0.141. The molecule has 12 heteroatoms. The van der Waals surface area contributed by atoms with Crippen LogP contribution in [0, 0.1) is 23.7 Å². The first-order valence-electron chi connectivity index (χ1n) is 13.8. The highest BCUT2D eigenvalue weighted by molar-refractivity contribution is 9.11. The number of fused-ring (bicyclic) bond motifs is 2. The molecule has 0 aliphatic heterocycles. The molecule has 2 saturated carbocycles. The smallest absolute Gasteiger partial charge is 0.310 e. The number of ketones is 2. The Hall–Kier alpha value is -2.80. The monoisotopic (exact) mass is 764 g/mol. The number of hydrogen-bond donors (Lipinski definition) is 1. The van der Waals surface area contributed by atoms with Gasteiger partial charge in [0.2, 0.25) is 0 Å². The van der Waals surface area contributed by atoms with Crippen molar-refractivity contribution in [1.82, 2.24) is 0 Å². The largest absolute Gasteiger partial charge is 0.496 e. The zero-order valence-corrected chi connectivity index (χ0v) is 29.4. The highest BCUT2D eigenvalue weighted by atomic mass is 79.9. The van der Waals surface area contributed by atoms with Gasteiger partial charge in [-0.2, -0.15) is 0 Å². The summed E-state index contributed by atoms with van der Waals surface area (Å²) < 4.78 is 19.5. The average molecular weight is 767 g/mol. The van der Waals surface area contributed by atoms with E-state index in [-0.39, 0.29) is 35.3 Å². The molecule has 2 heterocycles. The fourth-order valence-electron chi connectivity index (χ4n) is 4.88. The van der Waals surface area contributed by atoms with Crippen LogP contribution in [0.4, 0.5) is 0 Å². The van der Waals surface area contributed by atoms with E-state index in [1.807, 2.05) is 57.2 Å². The molecular formula is C32H30Br2O8S2. The molecule has 232 valence electrons. The molecule has 4 atom stereocenters. The van der Waals surface area contributed by atoms with Gasteiger partial charge in [0.1, 0.15) is 17.1 Å². The predicted molar refractivity (Wildman–Crippen MR) is 177 cm³/mol. The van der Waals surface area contributed by atoms with E-state index in [0.717, 1.165) is 34.9 Å². The van der Waals surface area contributed by atoms with E-state index in [4.69, 9.17) is 19.3 Å². The summed E-state index contributed by atoms with van der Waals surface area (Å²) in [7, 11) is 3.20. The number of halogens is 2. The van der Waals surface area contributed by atoms with Crippen molar-refractivity contribution >= 4 is 98.2 Å². The second kappa shape index (κ2) is 12.5. The number of carboxylic acids is 1. The van der Waals surface area contributed by atoms with Gasteiger partial charge < -0.3 is 19.3 Å². The van der Waals surface area contributed by atoms with Crippen molar-refractivity contribution in [2.75, 3.05) is 14.2 Å². The summed E-state index contributed by atoms with van der Waals surface area (Å²) in [5.74, 6) is -1.15. The van der Waals surface area contributed by atoms with Gasteiger partial charge in [-0.1, -0.05) is 0 Å². The van der Waals surface area contributed by atoms with Crippen molar-refractivity contribution in [3.63, 3.8) is 0 Å². The lowest BCUT2D eigenvalue weighted by Crippen LogP contribution is -2.25. The van der Waals surface area contributed by atoms with E-state index in [1.165, 1.54) is 22.7 Å². The summed E-state index contributed by atoms with van der Waals surface area (Å²) >= 11 is 9.68. The zero-order chi connectivity index (χ0) is 32.1. The van der Waals surface area contributed by atoms with Crippen molar-refractivity contribution in [2.45, 2.75) is 39.2 Å². The highest BCUT2D eigenvalue weighted by Crippen LogP contribution is 2.45. The fourth-order valence-corrected chi connectivity index (χ4v) is 8.08. The van der Waals surface area contributed by atoms with Gasteiger partial charge >= 0.3 is 11.9 Å². The molecule has 1 N–H and O–H groups in total. The molecule has 0 amide bonds. The maximum absolute atomic E-state index is 12.7. The zero-order valence-electron chi connectivity index (χ0n) is 24.6. The third-order valence-electron chi connectivity index (χ3n) is 7.35. The first-order chi connectivity index (χ1) is 20.7. The van der Waals surface area contributed by atoms with Crippen LogP contribution < -0.4 is 9.47 Å². The van der Waals surface area contributed by atoms with Crippen LogP contribution in [0.5, 0.6) is 11.5 Å². The number of carbonyl (C=O) groups excluding carboxylic acids is 3. The minimum atomic E-state index is -0.881. The molecule has 6 rings (SSSR count). The number of methoxy groups -OCH3 is 2. The van der Waals surface area contributed by atoms with Crippen molar-refractivity contribution in [2.24, 2.45) is 23.7 Å². The van der Waals surface area contributed by atoms with Crippen molar-refractivity contribution < 1.29 is 38.5 Å². The van der Waals surface area contributed by atoms with E-state index in [0.29, 0.717) is 28.3 Å². The molecule has 4 aromatic rings. The molecule has 0 bridgehead atoms. The second-order valence-corrected chi connectivity index (χ2v) is 15.6. The Morgan fingerprint density at radius 3 is 1.55 bits per heavy atom. The normalized spacial score (nSPS) is 20.4. The minimum Gasteiger partial charge on any atom is -0.496 e. The number of rotatable bonds is 8. The second-order valence-electron chi connectivity index (χ2n) is 11.8. The Balaban J connectivity index is 0.000000177. The number of thiophene rings is 2. The van der Waals surface area contributed by atoms with Crippen LogP contribution in [0.2, 0.25) is 0 Å². The Labute approximate surface area is 278 Å². The third kappa shape index (κ3) is 7.03. The first-order valence-corrected chi connectivity index (χ1v) is 17.0. The fraction of sp³-hybridized carbons (Fsp3) is 0.375. The number of benzene rings is 2. The Bertz CT molecular complexity index is 1800. The lowest BCUT2D eigenvalue weighted by Gasteiger charge is -2.19. The highest BCUT2D eigenvalue weighted by Gasteiger charge is 2.50. The number of aliphatic carboxylic acids is 1. The minimum absolute atomic E-state index is 0.0298.